The number of rotatable bonds is 4. The third kappa shape index (κ3) is 3.95. The monoisotopic (exact) mass is 343 g/mol. The van der Waals surface area contributed by atoms with Crippen LogP contribution in [0.25, 0.3) is 0 Å². The molecule has 0 bridgehead atoms. The maximum atomic E-state index is 6.25. The fourth-order valence-electron chi connectivity index (χ4n) is 3.46. The lowest BCUT2D eigenvalue weighted by molar-refractivity contribution is -0.0709. The highest BCUT2D eigenvalue weighted by atomic mass is 35.5. The minimum Gasteiger partial charge on any atom is -0.379 e. The van der Waals surface area contributed by atoms with E-state index < -0.39 is 0 Å². The Bertz CT molecular complexity index is 471. The maximum Gasteiger partial charge on any atom is 0.0750 e. The summed E-state index contributed by atoms with van der Waals surface area (Å²) >= 11 is 12.5. The first kappa shape index (κ1) is 16.5. The Morgan fingerprint density at radius 1 is 1.09 bits per heavy atom. The number of nitrogens with zero attached hydrogens (tertiary/aromatic N) is 1. The van der Waals surface area contributed by atoms with Gasteiger partial charge in [0.2, 0.25) is 0 Å². The van der Waals surface area contributed by atoms with Crippen LogP contribution in [0.2, 0.25) is 10.0 Å². The molecule has 1 aliphatic carbocycles. The smallest absolute Gasteiger partial charge is 0.0750 e. The molecular weight excluding hydrogens is 321 g/mol. The second-order valence-electron chi connectivity index (χ2n) is 6.05. The van der Waals surface area contributed by atoms with Gasteiger partial charge in [0, 0.05) is 34.7 Å². The molecule has 1 aliphatic heterocycles. The van der Waals surface area contributed by atoms with E-state index in [0.29, 0.717) is 22.7 Å². The molecule has 0 spiro atoms. The van der Waals surface area contributed by atoms with Crippen LogP contribution >= 0.6 is 23.2 Å². The van der Waals surface area contributed by atoms with Gasteiger partial charge in [0.05, 0.1) is 25.9 Å². The number of halogens is 2. The number of benzene rings is 1. The van der Waals surface area contributed by atoms with Crippen LogP contribution in [0.3, 0.4) is 0 Å². The maximum absolute atomic E-state index is 6.25. The van der Waals surface area contributed by atoms with Crippen molar-refractivity contribution in [2.45, 2.75) is 44.4 Å². The Morgan fingerprint density at radius 2 is 1.77 bits per heavy atom. The average molecular weight is 344 g/mol. The molecule has 1 heterocycles. The highest BCUT2D eigenvalue weighted by Gasteiger charge is 2.31. The van der Waals surface area contributed by atoms with E-state index in [9.17, 15) is 0 Å². The topological polar surface area (TPSA) is 21.7 Å². The van der Waals surface area contributed by atoms with Gasteiger partial charge < -0.3 is 9.47 Å². The first-order valence-electron chi connectivity index (χ1n) is 8.12. The molecule has 2 fully saturated rings. The van der Waals surface area contributed by atoms with Crippen LogP contribution in [0.4, 0.5) is 0 Å². The highest BCUT2D eigenvalue weighted by molar-refractivity contribution is 6.35. The zero-order valence-electron chi connectivity index (χ0n) is 12.8. The SMILES string of the molecule is Clc1cccc(Cl)c1CO[C@@H]1CCCC[C@H]1N1CCOCC1. The van der Waals surface area contributed by atoms with Crippen molar-refractivity contribution in [3.8, 4) is 0 Å². The van der Waals surface area contributed by atoms with Crippen LogP contribution in [-0.2, 0) is 16.1 Å². The van der Waals surface area contributed by atoms with E-state index in [1.165, 1.54) is 19.3 Å². The summed E-state index contributed by atoms with van der Waals surface area (Å²) in [6.45, 7) is 4.18. The molecule has 0 amide bonds. The minimum atomic E-state index is 0.263. The summed E-state index contributed by atoms with van der Waals surface area (Å²) in [6, 6.07) is 6.10. The summed E-state index contributed by atoms with van der Waals surface area (Å²) in [5.41, 5.74) is 0.900. The second kappa shape index (κ2) is 7.98. The van der Waals surface area contributed by atoms with Gasteiger partial charge in [0.15, 0.2) is 0 Å². The highest BCUT2D eigenvalue weighted by Crippen LogP contribution is 2.30. The zero-order chi connectivity index (χ0) is 15.4. The van der Waals surface area contributed by atoms with Gasteiger partial charge in [0.25, 0.3) is 0 Å². The molecule has 1 saturated heterocycles. The summed E-state index contributed by atoms with van der Waals surface area (Å²) in [5.74, 6) is 0. The Labute approximate surface area is 142 Å². The van der Waals surface area contributed by atoms with Crippen molar-refractivity contribution >= 4 is 23.2 Å². The third-order valence-corrected chi connectivity index (χ3v) is 5.39. The van der Waals surface area contributed by atoms with Gasteiger partial charge in [0.1, 0.15) is 0 Å². The first-order chi connectivity index (χ1) is 10.8. The van der Waals surface area contributed by atoms with E-state index in [-0.39, 0.29) is 6.10 Å². The van der Waals surface area contributed by atoms with E-state index in [1.807, 2.05) is 18.2 Å². The fourth-order valence-corrected chi connectivity index (χ4v) is 3.97. The Kier molecular flexibility index (Phi) is 6.00. The number of hydrogen-bond donors (Lipinski definition) is 0. The fraction of sp³-hybridized carbons (Fsp3) is 0.647. The van der Waals surface area contributed by atoms with Crippen molar-refractivity contribution in [3.63, 3.8) is 0 Å². The lowest BCUT2D eigenvalue weighted by Crippen LogP contribution is -2.51. The predicted molar refractivity (Wildman–Crippen MR) is 89.7 cm³/mol. The average Bonchev–Trinajstić information content (AvgIpc) is 2.56. The van der Waals surface area contributed by atoms with Gasteiger partial charge >= 0.3 is 0 Å². The quantitative estimate of drug-likeness (QED) is 0.819. The Balaban J connectivity index is 1.64. The van der Waals surface area contributed by atoms with Gasteiger partial charge in [-0.2, -0.15) is 0 Å². The van der Waals surface area contributed by atoms with Crippen molar-refractivity contribution in [3.05, 3.63) is 33.8 Å². The third-order valence-electron chi connectivity index (χ3n) is 4.69. The van der Waals surface area contributed by atoms with Crippen molar-refractivity contribution < 1.29 is 9.47 Å². The minimum absolute atomic E-state index is 0.263. The van der Waals surface area contributed by atoms with Crippen molar-refractivity contribution in [2.24, 2.45) is 0 Å². The molecule has 3 rings (SSSR count). The molecule has 1 aromatic rings. The Hall–Kier alpha value is -0.320. The zero-order valence-corrected chi connectivity index (χ0v) is 14.3. The largest absolute Gasteiger partial charge is 0.379 e. The lowest BCUT2D eigenvalue weighted by atomic mass is 9.91. The normalized spacial score (nSPS) is 27.0. The summed E-state index contributed by atoms with van der Waals surface area (Å²) in [7, 11) is 0. The van der Waals surface area contributed by atoms with Crippen LogP contribution in [0.1, 0.15) is 31.2 Å². The van der Waals surface area contributed by atoms with Crippen molar-refractivity contribution in [1.82, 2.24) is 4.90 Å². The van der Waals surface area contributed by atoms with Crippen LogP contribution in [-0.4, -0.2) is 43.3 Å². The summed E-state index contributed by atoms with van der Waals surface area (Å²) in [5, 5.41) is 1.37. The molecule has 1 saturated carbocycles. The Morgan fingerprint density at radius 3 is 2.50 bits per heavy atom. The van der Waals surface area contributed by atoms with E-state index in [1.54, 1.807) is 0 Å². The van der Waals surface area contributed by atoms with Crippen LogP contribution in [0, 0.1) is 0 Å². The van der Waals surface area contributed by atoms with Gasteiger partial charge in [-0.1, -0.05) is 42.1 Å². The van der Waals surface area contributed by atoms with E-state index in [0.717, 1.165) is 38.3 Å². The summed E-state index contributed by atoms with van der Waals surface area (Å²) in [6.07, 6.45) is 5.11. The van der Waals surface area contributed by atoms with Gasteiger partial charge in [-0.3, -0.25) is 4.90 Å². The lowest BCUT2D eigenvalue weighted by Gasteiger charge is -2.41. The van der Waals surface area contributed by atoms with E-state index >= 15 is 0 Å². The molecule has 0 radical (unpaired) electrons. The summed E-state index contributed by atoms with van der Waals surface area (Å²) < 4.78 is 11.7. The molecule has 5 heteroatoms. The molecule has 1 aromatic carbocycles. The van der Waals surface area contributed by atoms with Crippen molar-refractivity contribution in [1.29, 1.82) is 0 Å². The number of ether oxygens (including phenoxy) is 2. The number of hydrogen-bond acceptors (Lipinski definition) is 3. The van der Waals surface area contributed by atoms with Crippen LogP contribution in [0.15, 0.2) is 18.2 Å². The van der Waals surface area contributed by atoms with Gasteiger partial charge in [-0.25, -0.2) is 0 Å². The first-order valence-corrected chi connectivity index (χ1v) is 8.87. The predicted octanol–water partition coefficient (Wildman–Crippen LogP) is 4.15. The van der Waals surface area contributed by atoms with Crippen LogP contribution in [0.5, 0.6) is 0 Å². The molecule has 0 aromatic heterocycles. The van der Waals surface area contributed by atoms with Gasteiger partial charge in [-0.15, -0.1) is 0 Å². The van der Waals surface area contributed by atoms with E-state index in [4.69, 9.17) is 32.7 Å². The standard InChI is InChI=1S/C17H23Cl2NO2/c18-14-4-3-5-15(19)13(14)12-22-17-7-2-1-6-16(17)20-8-10-21-11-9-20/h3-5,16-17H,1-2,6-12H2/t16-,17-/m1/s1. The second-order valence-corrected chi connectivity index (χ2v) is 6.86. The molecule has 0 unspecified atom stereocenters. The molecular formula is C17H23Cl2NO2. The van der Waals surface area contributed by atoms with Gasteiger partial charge in [-0.05, 0) is 25.0 Å². The molecule has 22 heavy (non-hydrogen) atoms. The number of morpholine rings is 1. The molecule has 122 valence electrons. The molecule has 0 N–H and O–H groups in total. The molecule has 2 atom stereocenters. The molecule has 3 nitrogen and oxygen atoms in total. The molecule has 2 aliphatic rings. The van der Waals surface area contributed by atoms with Crippen molar-refractivity contribution in [2.75, 3.05) is 26.3 Å². The van der Waals surface area contributed by atoms with E-state index in [2.05, 4.69) is 4.90 Å². The summed E-state index contributed by atoms with van der Waals surface area (Å²) in [4.78, 5) is 2.53. The van der Waals surface area contributed by atoms with Crippen LogP contribution < -0.4 is 0 Å².